The Morgan fingerprint density at radius 1 is 1.25 bits per heavy atom. The number of carbonyl (C=O) groups is 1. The number of rotatable bonds is 8. The molecule has 0 spiro atoms. The largest absolute Gasteiger partial charge is 0.356 e. The van der Waals surface area contributed by atoms with Gasteiger partial charge in [-0.2, -0.15) is 0 Å². The second-order valence-corrected chi connectivity index (χ2v) is 8.23. The van der Waals surface area contributed by atoms with Crippen LogP contribution in [0.15, 0.2) is 18.2 Å². The van der Waals surface area contributed by atoms with E-state index in [1.54, 1.807) is 6.07 Å². The fraction of sp³-hybridized carbons (Fsp3) is 0.619. The first-order valence-corrected chi connectivity index (χ1v) is 10.5. The number of amides is 1. The minimum absolute atomic E-state index is 0.127. The molecule has 0 radical (unpaired) electrons. The molecular formula is C21H30FN5O. The van der Waals surface area contributed by atoms with E-state index in [1.807, 2.05) is 0 Å². The van der Waals surface area contributed by atoms with Gasteiger partial charge in [0.15, 0.2) is 0 Å². The Labute approximate surface area is 165 Å². The van der Waals surface area contributed by atoms with Gasteiger partial charge in [-0.1, -0.05) is 0 Å². The molecule has 1 aromatic heterocycles. The fourth-order valence-electron chi connectivity index (χ4n) is 4.56. The average molecular weight is 388 g/mol. The summed E-state index contributed by atoms with van der Waals surface area (Å²) in [4.78, 5) is 19.7. The van der Waals surface area contributed by atoms with Crippen LogP contribution >= 0.6 is 0 Å². The molecule has 7 heteroatoms. The molecular weight excluding hydrogens is 357 g/mol. The third kappa shape index (κ3) is 4.89. The Kier molecular flexibility index (Phi) is 6.22. The molecule has 4 N–H and O–H groups in total. The highest BCUT2D eigenvalue weighted by Gasteiger charge is 2.32. The maximum absolute atomic E-state index is 13.2. The summed E-state index contributed by atoms with van der Waals surface area (Å²) in [5, 5.41) is 10.2. The van der Waals surface area contributed by atoms with Crippen molar-refractivity contribution < 1.29 is 9.18 Å². The van der Waals surface area contributed by atoms with Crippen molar-refractivity contribution in [3.05, 3.63) is 29.8 Å². The first kappa shape index (κ1) is 19.3. The Balaban J connectivity index is 1.11. The maximum atomic E-state index is 13.2. The van der Waals surface area contributed by atoms with Crippen molar-refractivity contribution in [3.8, 4) is 0 Å². The van der Waals surface area contributed by atoms with Gasteiger partial charge < -0.3 is 20.9 Å². The van der Waals surface area contributed by atoms with Crippen LogP contribution in [-0.2, 0) is 11.2 Å². The molecule has 2 saturated heterocycles. The monoisotopic (exact) mass is 387 g/mol. The van der Waals surface area contributed by atoms with Crippen LogP contribution in [0.5, 0.6) is 0 Å². The van der Waals surface area contributed by atoms with Gasteiger partial charge in [-0.05, 0) is 75.4 Å². The van der Waals surface area contributed by atoms with Crippen molar-refractivity contribution in [1.29, 1.82) is 0 Å². The summed E-state index contributed by atoms with van der Waals surface area (Å²) >= 11 is 0. The predicted octanol–water partition coefficient (Wildman–Crippen LogP) is 2.12. The third-order valence-corrected chi connectivity index (χ3v) is 6.04. The van der Waals surface area contributed by atoms with Gasteiger partial charge in [0, 0.05) is 25.4 Å². The van der Waals surface area contributed by atoms with Crippen LogP contribution in [0.25, 0.3) is 11.0 Å². The third-order valence-electron chi connectivity index (χ3n) is 6.04. The van der Waals surface area contributed by atoms with Crippen molar-refractivity contribution in [2.45, 2.75) is 44.6 Å². The normalized spacial score (nSPS) is 24.4. The molecule has 3 atom stereocenters. The maximum Gasteiger partial charge on any atom is 0.219 e. The van der Waals surface area contributed by atoms with Gasteiger partial charge in [0.05, 0.1) is 11.0 Å². The molecule has 2 fully saturated rings. The lowest BCUT2D eigenvalue weighted by molar-refractivity contribution is -0.121. The van der Waals surface area contributed by atoms with Crippen molar-refractivity contribution >= 4 is 16.9 Å². The Hall–Kier alpha value is -1.99. The van der Waals surface area contributed by atoms with E-state index in [2.05, 4.69) is 25.9 Å². The summed E-state index contributed by atoms with van der Waals surface area (Å²) in [6.45, 7) is 3.99. The molecule has 0 unspecified atom stereocenters. The summed E-state index contributed by atoms with van der Waals surface area (Å²) < 4.78 is 13.2. The summed E-state index contributed by atoms with van der Waals surface area (Å²) in [7, 11) is 0. The molecule has 6 nitrogen and oxygen atoms in total. The zero-order valence-corrected chi connectivity index (χ0v) is 16.3. The van der Waals surface area contributed by atoms with Gasteiger partial charge >= 0.3 is 0 Å². The van der Waals surface area contributed by atoms with Crippen molar-refractivity contribution in [2.75, 3.05) is 26.2 Å². The lowest BCUT2D eigenvalue weighted by Gasteiger charge is -2.41. The molecule has 0 aliphatic carbocycles. The topological polar surface area (TPSA) is 81.8 Å². The lowest BCUT2D eigenvalue weighted by atomic mass is 9.80. The van der Waals surface area contributed by atoms with E-state index >= 15 is 0 Å². The Morgan fingerprint density at radius 3 is 3.11 bits per heavy atom. The van der Waals surface area contributed by atoms with E-state index in [0.717, 1.165) is 68.1 Å². The standard InChI is InChI=1S/C21H30FN5O/c22-16-6-7-18-19(10-16)27-20(26-18)4-2-8-24-21(28)5-1-3-17-15-9-14(12-25-17)11-23-13-15/h6-7,10,14-15,17,23,25H,1-5,8-9,11-13H2,(H,24,28)(H,26,27)/t14-,15+,17-/m0/s1. The molecule has 2 aliphatic rings. The minimum Gasteiger partial charge on any atom is -0.356 e. The second kappa shape index (κ2) is 9.01. The zero-order chi connectivity index (χ0) is 19.3. The van der Waals surface area contributed by atoms with Gasteiger partial charge in [-0.3, -0.25) is 4.79 Å². The van der Waals surface area contributed by atoms with Crippen LogP contribution in [0.1, 0.15) is 37.9 Å². The average Bonchev–Trinajstić information content (AvgIpc) is 3.09. The van der Waals surface area contributed by atoms with Crippen LogP contribution in [0, 0.1) is 17.7 Å². The number of hydrogen-bond acceptors (Lipinski definition) is 4. The molecule has 2 bridgehead atoms. The number of nitrogens with one attached hydrogen (secondary N) is 4. The fourth-order valence-corrected chi connectivity index (χ4v) is 4.56. The zero-order valence-electron chi connectivity index (χ0n) is 16.3. The SMILES string of the molecule is O=C(CCC[C@@H]1NC[C@@H]2CNC[C@H]1C2)NCCCc1nc2ccc(F)cc2[nH]1. The molecule has 28 heavy (non-hydrogen) atoms. The van der Waals surface area contributed by atoms with Crippen LogP contribution in [0.4, 0.5) is 4.39 Å². The molecule has 0 saturated carbocycles. The quantitative estimate of drug-likeness (QED) is 0.523. The molecule has 4 rings (SSSR count). The molecule has 1 aromatic carbocycles. The number of piperidine rings is 2. The lowest BCUT2D eigenvalue weighted by Crippen LogP contribution is -2.54. The van der Waals surface area contributed by atoms with E-state index in [-0.39, 0.29) is 11.7 Å². The van der Waals surface area contributed by atoms with Crippen molar-refractivity contribution in [2.24, 2.45) is 11.8 Å². The molecule has 152 valence electrons. The number of imidazole rings is 1. The van der Waals surface area contributed by atoms with Gasteiger partial charge in [0.25, 0.3) is 0 Å². The van der Waals surface area contributed by atoms with E-state index in [1.165, 1.54) is 18.6 Å². The number of aromatic amines is 1. The molecule has 1 amide bonds. The summed E-state index contributed by atoms with van der Waals surface area (Å²) in [6, 6.07) is 5.10. The van der Waals surface area contributed by atoms with Gasteiger partial charge in [-0.25, -0.2) is 9.37 Å². The summed E-state index contributed by atoms with van der Waals surface area (Å²) in [6.07, 6.45) is 5.46. The molecule has 2 aliphatic heterocycles. The number of aromatic nitrogens is 2. The minimum atomic E-state index is -0.266. The number of nitrogens with zero attached hydrogens (tertiary/aromatic N) is 1. The number of fused-ring (bicyclic) bond motifs is 3. The van der Waals surface area contributed by atoms with Gasteiger partial charge in [-0.15, -0.1) is 0 Å². The molecule has 3 heterocycles. The number of halogens is 1. The smallest absolute Gasteiger partial charge is 0.219 e. The second-order valence-electron chi connectivity index (χ2n) is 8.23. The number of benzene rings is 1. The highest BCUT2D eigenvalue weighted by Crippen LogP contribution is 2.26. The predicted molar refractivity (Wildman–Crippen MR) is 107 cm³/mol. The van der Waals surface area contributed by atoms with E-state index in [0.29, 0.717) is 24.9 Å². The summed E-state index contributed by atoms with van der Waals surface area (Å²) in [5.41, 5.74) is 1.49. The van der Waals surface area contributed by atoms with E-state index in [4.69, 9.17) is 0 Å². The van der Waals surface area contributed by atoms with Crippen LogP contribution in [0.2, 0.25) is 0 Å². The van der Waals surface area contributed by atoms with Crippen LogP contribution < -0.4 is 16.0 Å². The Bertz CT molecular complexity index is 807. The van der Waals surface area contributed by atoms with Crippen LogP contribution in [-0.4, -0.2) is 48.1 Å². The highest BCUT2D eigenvalue weighted by molar-refractivity contribution is 5.76. The van der Waals surface area contributed by atoms with E-state index in [9.17, 15) is 9.18 Å². The summed E-state index contributed by atoms with van der Waals surface area (Å²) in [5.74, 6) is 2.19. The number of aryl methyl sites for hydroxylation is 1. The van der Waals surface area contributed by atoms with Crippen LogP contribution in [0.3, 0.4) is 0 Å². The number of carbonyl (C=O) groups excluding carboxylic acids is 1. The number of H-pyrrole nitrogens is 1. The highest BCUT2D eigenvalue weighted by atomic mass is 19.1. The van der Waals surface area contributed by atoms with Gasteiger partial charge in [0.2, 0.25) is 5.91 Å². The van der Waals surface area contributed by atoms with Crippen molar-refractivity contribution in [3.63, 3.8) is 0 Å². The first-order chi connectivity index (χ1) is 13.7. The van der Waals surface area contributed by atoms with Crippen molar-refractivity contribution in [1.82, 2.24) is 25.9 Å². The number of hydrogen-bond donors (Lipinski definition) is 4. The molecule has 2 aromatic rings. The Morgan fingerprint density at radius 2 is 2.18 bits per heavy atom. The van der Waals surface area contributed by atoms with Gasteiger partial charge in [0.1, 0.15) is 11.6 Å². The van der Waals surface area contributed by atoms with E-state index < -0.39 is 0 Å². The first-order valence-electron chi connectivity index (χ1n) is 10.5.